The van der Waals surface area contributed by atoms with Crippen LogP contribution in [0.25, 0.3) is 10.9 Å². The van der Waals surface area contributed by atoms with Crippen molar-refractivity contribution in [3.05, 3.63) is 79.5 Å². The van der Waals surface area contributed by atoms with Gasteiger partial charge in [0.1, 0.15) is 5.52 Å². The number of halogens is 1. The molecule has 138 valence electrons. The lowest BCUT2D eigenvalue weighted by molar-refractivity contribution is -0.385. The van der Waals surface area contributed by atoms with E-state index in [2.05, 4.69) is 4.98 Å². The van der Waals surface area contributed by atoms with Crippen molar-refractivity contribution in [2.24, 2.45) is 0 Å². The van der Waals surface area contributed by atoms with Crippen molar-refractivity contribution in [2.75, 3.05) is 0 Å². The van der Waals surface area contributed by atoms with Crippen LogP contribution in [0.1, 0.15) is 10.4 Å². The van der Waals surface area contributed by atoms with Crippen LogP contribution in [0.5, 0.6) is 5.75 Å². The first-order chi connectivity index (χ1) is 12.7. The Hall–Kier alpha value is -3.79. The first-order valence-electron chi connectivity index (χ1n) is 7.11. The predicted octanol–water partition coefficient (Wildman–Crippen LogP) is 3.80. The highest BCUT2D eigenvalue weighted by atomic mass is 35.5. The summed E-state index contributed by atoms with van der Waals surface area (Å²) in [6.07, 6.45) is 1.48. The monoisotopic (exact) mass is 391 g/mol. The first kappa shape index (κ1) is 19.5. The molecule has 0 bridgehead atoms. The number of hydrogen-bond acceptors (Lipinski definition) is 7. The fourth-order valence-corrected chi connectivity index (χ4v) is 2.39. The second-order valence-electron chi connectivity index (χ2n) is 4.96. The molecule has 3 aromatic rings. The normalized spacial score (nSPS) is 9.96. The van der Waals surface area contributed by atoms with Crippen LogP contribution in [0.15, 0.2) is 48.7 Å². The maximum absolute atomic E-state index is 10.6. The highest BCUT2D eigenvalue weighted by molar-refractivity contribution is 6.34. The molecule has 2 aromatic carbocycles. The zero-order valence-electron chi connectivity index (χ0n) is 13.3. The van der Waals surface area contributed by atoms with E-state index in [0.717, 1.165) is 6.07 Å². The van der Waals surface area contributed by atoms with Crippen molar-refractivity contribution in [3.8, 4) is 5.75 Å². The van der Waals surface area contributed by atoms with Crippen LogP contribution in [-0.4, -0.2) is 31.0 Å². The Kier molecular flexibility index (Phi) is 5.83. The highest BCUT2D eigenvalue weighted by Gasteiger charge is 2.22. The van der Waals surface area contributed by atoms with E-state index in [1.54, 1.807) is 18.2 Å². The van der Waals surface area contributed by atoms with Crippen molar-refractivity contribution in [3.63, 3.8) is 0 Å². The number of aromatic hydroxyl groups is 1. The van der Waals surface area contributed by atoms with E-state index < -0.39 is 27.1 Å². The molecule has 0 unspecified atom stereocenters. The average molecular weight is 392 g/mol. The molecule has 0 amide bonds. The molecule has 2 N–H and O–H groups in total. The molecule has 0 radical (unpaired) electrons. The van der Waals surface area contributed by atoms with E-state index in [1.165, 1.54) is 24.4 Å². The van der Waals surface area contributed by atoms with Crippen molar-refractivity contribution < 1.29 is 24.9 Å². The third-order valence-electron chi connectivity index (χ3n) is 3.33. The van der Waals surface area contributed by atoms with Crippen LogP contribution >= 0.6 is 11.6 Å². The average Bonchev–Trinajstić information content (AvgIpc) is 2.62. The quantitative estimate of drug-likeness (QED) is 0.504. The first-order valence-corrected chi connectivity index (χ1v) is 7.49. The van der Waals surface area contributed by atoms with Gasteiger partial charge in [0, 0.05) is 23.7 Å². The Labute approximate surface area is 155 Å². The standard InChI is InChI=1S/C9H6N2O3.C7H4ClNO4/c12-9-7(11(13)14)4-3-6-2-1-5-10-8(6)9;8-4-2-1-3-5(9(12)13)6(4)7(10)11/h1-5,12H;1-3H,(H,10,11). The second-order valence-corrected chi connectivity index (χ2v) is 5.37. The van der Waals surface area contributed by atoms with Gasteiger partial charge in [-0.15, -0.1) is 0 Å². The molecule has 0 aliphatic heterocycles. The Morgan fingerprint density at radius 1 is 1.00 bits per heavy atom. The van der Waals surface area contributed by atoms with E-state index in [0.29, 0.717) is 5.39 Å². The van der Waals surface area contributed by atoms with E-state index >= 15 is 0 Å². The van der Waals surface area contributed by atoms with Gasteiger partial charge in [0.05, 0.1) is 14.9 Å². The van der Waals surface area contributed by atoms with Gasteiger partial charge in [0.15, 0.2) is 5.56 Å². The van der Waals surface area contributed by atoms with Crippen LogP contribution in [0, 0.1) is 20.2 Å². The summed E-state index contributed by atoms with van der Waals surface area (Å²) in [6, 6.07) is 9.96. The maximum Gasteiger partial charge on any atom is 0.344 e. The van der Waals surface area contributed by atoms with Gasteiger partial charge in [-0.1, -0.05) is 23.7 Å². The van der Waals surface area contributed by atoms with Crippen LogP contribution in [0.2, 0.25) is 5.02 Å². The molecule has 27 heavy (non-hydrogen) atoms. The number of aromatic carboxylic acids is 1. The minimum absolute atomic E-state index is 0.137. The number of carboxylic acid groups (broad SMARTS) is 1. The second kappa shape index (κ2) is 8.06. The van der Waals surface area contributed by atoms with Crippen LogP contribution < -0.4 is 0 Å². The number of nitro groups is 2. The summed E-state index contributed by atoms with van der Waals surface area (Å²) >= 11 is 5.48. The van der Waals surface area contributed by atoms with Gasteiger partial charge < -0.3 is 10.2 Å². The summed E-state index contributed by atoms with van der Waals surface area (Å²) in [5, 5.41) is 39.5. The number of fused-ring (bicyclic) bond motifs is 1. The lowest BCUT2D eigenvalue weighted by Crippen LogP contribution is -2.03. The molecule has 0 aliphatic rings. The smallest absolute Gasteiger partial charge is 0.344 e. The summed E-state index contributed by atoms with van der Waals surface area (Å²) in [6.45, 7) is 0. The number of rotatable bonds is 3. The molecule has 0 saturated heterocycles. The van der Waals surface area contributed by atoms with E-state index in [9.17, 15) is 30.1 Å². The summed E-state index contributed by atoms with van der Waals surface area (Å²) in [4.78, 5) is 33.9. The van der Waals surface area contributed by atoms with Crippen molar-refractivity contribution in [1.29, 1.82) is 0 Å². The number of benzene rings is 2. The van der Waals surface area contributed by atoms with E-state index in [4.69, 9.17) is 16.7 Å². The van der Waals surface area contributed by atoms with Gasteiger partial charge in [0.25, 0.3) is 5.69 Å². The van der Waals surface area contributed by atoms with Crippen molar-refractivity contribution in [1.82, 2.24) is 4.98 Å². The molecular formula is C16H10ClN3O7. The third-order valence-corrected chi connectivity index (χ3v) is 3.64. The summed E-state index contributed by atoms with van der Waals surface area (Å²) in [7, 11) is 0. The molecule has 0 fully saturated rings. The van der Waals surface area contributed by atoms with Crippen LogP contribution in [-0.2, 0) is 0 Å². The lowest BCUT2D eigenvalue weighted by Gasteiger charge is -1.99. The van der Waals surface area contributed by atoms with E-state index in [1.807, 2.05) is 0 Å². The number of nitro benzene ring substituents is 2. The van der Waals surface area contributed by atoms with Gasteiger partial charge in [-0.2, -0.15) is 0 Å². The van der Waals surface area contributed by atoms with Gasteiger partial charge in [-0.3, -0.25) is 25.2 Å². The predicted molar refractivity (Wildman–Crippen MR) is 95.1 cm³/mol. The molecule has 1 aromatic heterocycles. The fraction of sp³-hybridized carbons (Fsp3) is 0. The van der Waals surface area contributed by atoms with Gasteiger partial charge in [-0.05, 0) is 18.2 Å². The zero-order chi connectivity index (χ0) is 20.1. The molecule has 0 aliphatic carbocycles. The number of carboxylic acids is 1. The molecule has 1 heterocycles. The van der Waals surface area contributed by atoms with Crippen LogP contribution in [0.3, 0.4) is 0 Å². The van der Waals surface area contributed by atoms with Gasteiger partial charge in [-0.25, -0.2) is 4.79 Å². The minimum Gasteiger partial charge on any atom is -0.501 e. The Balaban J connectivity index is 0.000000194. The number of phenols is 1. The minimum atomic E-state index is -1.41. The maximum atomic E-state index is 10.6. The summed E-state index contributed by atoms with van der Waals surface area (Å²) in [5.74, 6) is -1.79. The molecule has 0 spiro atoms. The van der Waals surface area contributed by atoms with Gasteiger partial charge >= 0.3 is 11.7 Å². The molecule has 10 nitrogen and oxygen atoms in total. The molecule has 3 rings (SSSR count). The number of hydrogen-bond donors (Lipinski definition) is 2. The number of pyridine rings is 1. The fourth-order valence-electron chi connectivity index (χ4n) is 2.14. The number of phenolic OH excluding ortho intramolecular Hbond substituents is 1. The number of aromatic nitrogens is 1. The third kappa shape index (κ3) is 4.25. The molecular weight excluding hydrogens is 382 g/mol. The largest absolute Gasteiger partial charge is 0.501 e. The SMILES string of the molecule is O=C(O)c1c(Cl)cccc1[N+](=O)[O-].O=[N+]([O-])c1ccc2cccnc2c1O. The number of carbonyl (C=O) groups is 1. The van der Waals surface area contributed by atoms with E-state index in [-0.39, 0.29) is 22.0 Å². The number of nitrogens with zero attached hydrogens (tertiary/aromatic N) is 3. The molecule has 11 heteroatoms. The summed E-state index contributed by atoms with van der Waals surface area (Å²) < 4.78 is 0. The Morgan fingerprint density at radius 2 is 1.67 bits per heavy atom. The van der Waals surface area contributed by atoms with Crippen molar-refractivity contribution in [2.45, 2.75) is 0 Å². The molecule has 0 atom stereocenters. The Bertz CT molecular complexity index is 1060. The lowest BCUT2D eigenvalue weighted by atomic mass is 10.2. The molecule has 0 saturated carbocycles. The van der Waals surface area contributed by atoms with Crippen LogP contribution in [0.4, 0.5) is 11.4 Å². The topological polar surface area (TPSA) is 157 Å². The summed E-state index contributed by atoms with van der Waals surface area (Å²) in [5.41, 5.74) is -1.05. The zero-order valence-corrected chi connectivity index (χ0v) is 14.0. The van der Waals surface area contributed by atoms with Gasteiger partial charge in [0.2, 0.25) is 5.75 Å². The Morgan fingerprint density at radius 3 is 2.22 bits per heavy atom. The van der Waals surface area contributed by atoms with Crippen molar-refractivity contribution >= 4 is 39.8 Å². The highest BCUT2D eigenvalue weighted by Crippen LogP contribution is 2.32.